The lowest BCUT2D eigenvalue weighted by Crippen LogP contribution is -2.55. The van der Waals surface area contributed by atoms with Crippen LogP contribution in [0, 0.1) is 5.92 Å². The first-order chi connectivity index (χ1) is 10.8. The molecule has 1 saturated heterocycles. The van der Waals surface area contributed by atoms with E-state index in [4.69, 9.17) is 10.7 Å². The van der Waals surface area contributed by atoms with Crippen LogP contribution in [0.5, 0.6) is 0 Å². The topological polar surface area (TPSA) is 41.6 Å². The smallest absolute Gasteiger partial charge is 0.127 e. The van der Waals surface area contributed by atoms with Gasteiger partial charge in [0.05, 0.1) is 5.84 Å². The third-order valence-electron chi connectivity index (χ3n) is 5.63. The number of aliphatic imine (C=N–C) groups is 1. The summed E-state index contributed by atoms with van der Waals surface area (Å²) in [6.07, 6.45) is 11.5. The van der Waals surface area contributed by atoms with E-state index in [0.29, 0.717) is 18.1 Å². The van der Waals surface area contributed by atoms with Crippen molar-refractivity contribution >= 4 is 13.7 Å². The van der Waals surface area contributed by atoms with Gasteiger partial charge in [-0.1, -0.05) is 25.7 Å². The molecule has 0 spiro atoms. The zero-order valence-electron chi connectivity index (χ0n) is 16.1. The van der Waals surface area contributed by atoms with Crippen molar-refractivity contribution in [2.24, 2.45) is 16.6 Å². The van der Waals surface area contributed by atoms with Crippen molar-refractivity contribution in [1.29, 1.82) is 0 Å². The number of nitrogens with zero attached hydrogens (tertiary/aromatic N) is 2. The first kappa shape index (κ1) is 18.8. The maximum absolute atomic E-state index is 6.66. The molecule has 4 heteroatoms. The molecular formula is C19H38BN3. The largest absolute Gasteiger partial charge is 0.355 e. The number of amidine groups is 1. The molecule has 0 amide bonds. The molecule has 0 aromatic carbocycles. The van der Waals surface area contributed by atoms with E-state index >= 15 is 0 Å². The highest BCUT2D eigenvalue weighted by molar-refractivity contribution is 6.15. The van der Waals surface area contributed by atoms with E-state index in [0.717, 1.165) is 12.3 Å². The number of piperidine rings is 1. The van der Waals surface area contributed by atoms with Crippen LogP contribution in [-0.2, 0) is 0 Å². The van der Waals surface area contributed by atoms with Crippen LogP contribution in [0.4, 0.5) is 0 Å². The van der Waals surface area contributed by atoms with Crippen molar-refractivity contribution < 1.29 is 0 Å². The highest BCUT2D eigenvalue weighted by Crippen LogP contribution is 2.36. The van der Waals surface area contributed by atoms with Crippen LogP contribution in [0.3, 0.4) is 0 Å². The van der Waals surface area contributed by atoms with E-state index < -0.39 is 0 Å². The third kappa shape index (κ3) is 5.24. The van der Waals surface area contributed by atoms with Crippen molar-refractivity contribution in [3.8, 4) is 0 Å². The number of likely N-dealkylation sites (tertiary alicyclic amines) is 1. The van der Waals surface area contributed by atoms with Crippen molar-refractivity contribution in [1.82, 2.24) is 4.90 Å². The van der Waals surface area contributed by atoms with Gasteiger partial charge in [0.25, 0.3) is 0 Å². The van der Waals surface area contributed by atoms with Gasteiger partial charge in [0.1, 0.15) is 7.85 Å². The first-order valence-electron chi connectivity index (χ1n) is 9.94. The summed E-state index contributed by atoms with van der Waals surface area (Å²) < 4.78 is 0. The normalized spacial score (nSPS) is 35.6. The van der Waals surface area contributed by atoms with Crippen molar-refractivity contribution in [3.63, 3.8) is 0 Å². The number of hydrogen-bond acceptors (Lipinski definition) is 2. The Hall–Kier alpha value is -0.505. The van der Waals surface area contributed by atoms with Crippen LogP contribution in [0.2, 0.25) is 0 Å². The molecule has 1 saturated carbocycles. The second-order valence-electron chi connectivity index (χ2n) is 8.82. The number of nitrogens with two attached hydrogens (primary N) is 1. The molecule has 3 nitrogen and oxygen atoms in total. The van der Waals surface area contributed by atoms with Gasteiger partial charge in [0, 0.05) is 24.5 Å². The molecule has 0 aromatic heterocycles. The monoisotopic (exact) mass is 319 g/mol. The Labute approximate surface area is 144 Å². The molecular weight excluding hydrogens is 281 g/mol. The molecule has 2 fully saturated rings. The van der Waals surface area contributed by atoms with Crippen LogP contribution in [0.1, 0.15) is 85.5 Å². The molecule has 1 heterocycles. The van der Waals surface area contributed by atoms with E-state index in [1.54, 1.807) is 0 Å². The predicted octanol–water partition coefficient (Wildman–Crippen LogP) is 3.31. The lowest BCUT2D eigenvalue weighted by Gasteiger charge is -2.48. The van der Waals surface area contributed by atoms with Gasteiger partial charge in [0.2, 0.25) is 0 Å². The second kappa shape index (κ2) is 8.05. The molecule has 2 rings (SSSR count). The van der Waals surface area contributed by atoms with Gasteiger partial charge in [-0.05, 0) is 64.7 Å². The average Bonchev–Trinajstić information content (AvgIpc) is 2.43. The molecule has 3 unspecified atom stereocenters. The fraction of sp³-hybridized carbons (Fsp3) is 0.947. The molecule has 3 atom stereocenters. The summed E-state index contributed by atoms with van der Waals surface area (Å²) in [5, 5.41) is 0. The minimum absolute atomic E-state index is 0.00952. The average molecular weight is 319 g/mol. The van der Waals surface area contributed by atoms with Gasteiger partial charge in [-0.25, -0.2) is 0 Å². The van der Waals surface area contributed by atoms with E-state index in [1.807, 2.05) is 0 Å². The lowest BCUT2D eigenvalue weighted by molar-refractivity contribution is 0.125. The van der Waals surface area contributed by atoms with Gasteiger partial charge in [-0.2, -0.15) is 0 Å². The van der Waals surface area contributed by atoms with Crippen molar-refractivity contribution in [2.75, 3.05) is 0 Å². The van der Waals surface area contributed by atoms with Crippen molar-refractivity contribution in [2.45, 2.75) is 109 Å². The van der Waals surface area contributed by atoms with Gasteiger partial charge in [0.15, 0.2) is 0 Å². The van der Waals surface area contributed by atoms with Crippen LogP contribution >= 0.6 is 0 Å². The molecule has 0 bridgehead atoms. The summed E-state index contributed by atoms with van der Waals surface area (Å²) in [5.41, 5.74) is 6.67. The Bertz CT molecular complexity index is 403. The van der Waals surface area contributed by atoms with Crippen LogP contribution < -0.4 is 5.73 Å². The summed E-state index contributed by atoms with van der Waals surface area (Å²) in [4.78, 5) is 7.63. The summed E-state index contributed by atoms with van der Waals surface area (Å²) in [6, 6.07) is 1.57. The molecule has 1 aliphatic heterocycles. The zero-order chi connectivity index (χ0) is 17.0. The second-order valence-corrected chi connectivity index (χ2v) is 8.82. The maximum atomic E-state index is 6.66. The minimum Gasteiger partial charge on any atom is -0.355 e. The van der Waals surface area contributed by atoms with Crippen molar-refractivity contribution in [3.05, 3.63) is 0 Å². The molecule has 23 heavy (non-hydrogen) atoms. The molecule has 2 N–H and O–H groups in total. The maximum Gasteiger partial charge on any atom is 0.127 e. The van der Waals surface area contributed by atoms with Crippen LogP contribution in [-0.4, -0.2) is 42.1 Å². The Morgan fingerprint density at radius 2 is 1.83 bits per heavy atom. The molecule has 132 valence electrons. The highest BCUT2D eigenvalue weighted by Gasteiger charge is 2.38. The van der Waals surface area contributed by atoms with Crippen LogP contribution in [0.25, 0.3) is 0 Å². The summed E-state index contributed by atoms with van der Waals surface area (Å²) in [7, 11) is 2.28. The standard InChI is InChI=1S/C19H38BN3/c1-14(2)22-18-11-10-16-13-19(20,21)12-8-6-5-7-9-17(16)23(18)15(3)4/h14-17H,5-13,20-21H2,1-4H3/b22-18+. The fourth-order valence-corrected chi connectivity index (χ4v) is 4.71. The van der Waals surface area contributed by atoms with Gasteiger partial charge in [-0.15, -0.1) is 0 Å². The summed E-state index contributed by atoms with van der Waals surface area (Å²) in [5.74, 6) is 2.09. The quantitative estimate of drug-likeness (QED) is 0.793. The minimum atomic E-state index is 0.00952. The van der Waals surface area contributed by atoms with E-state index in [1.165, 1.54) is 57.2 Å². The lowest BCUT2D eigenvalue weighted by atomic mass is 9.65. The summed E-state index contributed by atoms with van der Waals surface area (Å²) in [6.45, 7) is 9.06. The van der Waals surface area contributed by atoms with Gasteiger partial charge < -0.3 is 10.6 Å². The van der Waals surface area contributed by atoms with Gasteiger partial charge in [-0.3, -0.25) is 4.99 Å². The van der Waals surface area contributed by atoms with E-state index in [2.05, 4.69) is 40.4 Å². The Morgan fingerprint density at radius 1 is 1.13 bits per heavy atom. The molecule has 1 aliphatic carbocycles. The number of rotatable bonds is 2. The number of hydrogen-bond donors (Lipinski definition) is 1. The predicted molar refractivity (Wildman–Crippen MR) is 104 cm³/mol. The van der Waals surface area contributed by atoms with E-state index in [-0.39, 0.29) is 5.44 Å². The Kier molecular flexibility index (Phi) is 6.59. The highest BCUT2D eigenvalue weighted by atomic mass is 15.2. The molecule has 0 aromatic rings. The fourth-order valence-electron chi connectivity index (χ4n) is 4.71. The Morgan fingerprint density at radius 3 is 2.48 bits per heavy atom. The Balaban J connectivity index is 2.25. The van der Waals surface area contributed by atoms with E-state index in [9.17, 15) is 0 Å². The summed E-state index contributed by atoms with van der Waals surface area (Å²) >= 11 is 0. The van der Waals surface area contributed by atoms with Crippen LogP contribution in [0.15, 0.2) is 4.99 Å². The number of fused-ring (bicyclic) bond motifs is 1. The molecule has 0 radical (unpaired) electrons. The zero-order valence-corrected chi connectivity index (χ0v) is 16.1. The third-order valence-corrected chi connectivity index (χ3v) is 5.63. The molecule has 2 aliphatic rings. The first-order valence-corrected chi connectivity index (χ1v) is 9.94. The van der Waals surface area contributed by atoms with Gasteiger partial charge >= 0.3 is 0 Å². The SMILES string of the molecule is BC1(N)CCCCCCC2C(CC/C(=N\C(C)C)N2C(C)C)C1.